The number of nitrogens with one attached hydrogen (secondary N) is 1. The highest BCUT2D eigenvalue weighted by Crippen LogP contribution is 2.41. The van der Waals surface area contributed by atoms with Crippen molar-refractivity contribution >= 4 is 17.5 Å². The van der Waals surface area contributed by atoms with E-state index in [9.17, 15) is 10.2 Å². The predicted molar refractivity (Wildman–Crippen MR) is 83.0 cm³/mol. The molecule has 3 heterocycles. The monoisotopic (exact) mass is 318 g/mol. The molecule has 1 aromatic heterocycles. The summed E-state index contributed by atoms with van der Waals surface area (Å²) in [5.74, 6) is 2.87. The van der Waals surface area contributed by atoms with Gasteiger partial charge in [-0.2, -0.15) is 4.99 Å². The number of aliphatic imine (C=N–C) groups is 1. The Balaban J connectivity index is 2.10. The Morgan fingerprint density at radius 2 is 2.35 bits per heavy atom. The third-order valence-electron chi connectivity index (χ3n) is 4.03. The van der Waals surface area contributed by atoms with E-state index in [2.05, 4.69) is 27.8 Å². The number of aliphatic hydroxyl groups is 2. The predicted octanol–water partition coefficient (Wildman–Crippen LogP) is -1.63. The van der Waals surface area contributed by atoms with E-state index in [4.69, 9.17) is 22.6 Å². The topological polar surface area (TPSA) is 144 Å². The zero-order valence-corrected chi connectivity index (χ0v) is 12.5. The Bertz CT molecular complexity index is 733. The molecule has 2 aliphatic rings. The maximum atomic E-state index is 10.4. The van der Waals surface area contributed by atoms with Gasteiger partial charge in [-0.05, 0) is 6.92 Å². The molecule has 23 heavy (non-hydrogen) atoms. The minimum atomic E-state index is -1.56. The summed E-state index contributed by atoms with van der Waals surface area (Å²) in [5, 5.41) is 22.9. The van der Waals surface area contributed by atoms with E-state index in [1.807, 2.05) is 0 Å². The Labute approximate surface area is 132 Å². The number of hydrogen-bond acceptors (Lipinski definition) is 8. The van der Waals surface area contributed by atoms with Crippen molar-refractivity contribution in [2.75, 3.05) is 0 Å². The largest absolute Gasteiger partial charge is 0.391 e. The molecule has 2 unspecified atom stereocenters. The lowest BCUT2D eigenvalue weighted by Crippen LogP contribution is -2.54. The van der Waals surface area contributed by atoms with Crippen LogP contribution in [-0.2, 0) is 4.74 Å². The van der Waals surface area contributed by atoms with Gasteiger partial charge in [0.15, 0.2) is 23.5 Å². The molecule has 122 valence electrons. The highest BCUT2D eigenvalue weighted by molar-refractivity contribution is 5.93. The van der Waals surface area contributed by atoms with Crippen molar-refractivity contribution < 1.29 is 14.9 Å². The maximum absolute atomic E-state index is 10.4. The molecule has 9 nitrogen and oxygen atoms in total. The van der Waals surface area contributed by atoms with Crippen LogP contribution in [0.4, 0.5) is 5.82 Å². The van der Waals surface area contributed by atoms with Gasteiger partial charge in [0.1, 0.15) is 17.9 Å². The third kappa shape index (κ3) is 2.12. The summed E-state index contributed by atoms with van der Waals surface area (Å²) < 4.78 is 7.20. The Morgan fingerprint density at radius 1 is 1.65 bits per heavy atom. The Morgan fingerprint density at radius 3 is 2.96 bits per heavy atom. The molecule has 0 radical (unpaired) electrons. The van der Waals surface area contributed by atoms with Crippen LogP contribution in [0, 0.1) is 12.3 Å². The molecule has 1 aromatic rings. The van der Waals surface area contributed by atoms with Gasteiger partial charge in [0.25, 0.3) is 0 Å². The highest BCUT2D eigenvalue weighted by atomic mass is 16.5. The van der Waals surface area contributed by atoms with Gasteiger partial charge in [-0.25, -0.2) is 4.98 Å². The third-order valence-corrected chi connectivity index (χ3v) is 4.03. The first-order valence-electron chi connectivity index (χ1n) is 6.95. The van der Waals surface area contributed by atoms with E-state index < -0.39 is 30.1 Å². The molecule has 3 rings (SSSR count). The Kier molecular flexibility index (Phi) is 3.42. The average Bonchev–Trinajstić information content (AvgIpc) is 3.00. The minimum absolute atomic E-state index is 0.137. The van der Waals surface area contributed by atoms with Gasteiger partial charge in [-0.15, -0.1) is 6.42 Å². The first-order valence-corrected chi connectivity index (χ1v) is 6.95. The van der Waals surface area contributed by atoms with Crippen molar-refractivity contribution in [3.8, 4) is 12.3 Å². The molecule has 9 heteroatoms. The van der Waals surface area contributed by atoms with Gasteiger partial charge in [-0.1, -0.05) is 12.5 Å². The number of guanidine groups is 1. The lowest BCUT2D eigenvalue weighted by Gasteiger charge is -2.28. The van der Waals surface area contributed by atoms with E-state index in [1.54, 1.807) is 0 Å². The number of rotatable bonds is 2. The summed E-state index contributed by atoms with van der Waals surface area (Å²) in [7, 11) is 0. The molecular formula is C14H18N6O3. The summed E-state index contributed by atoms with van der Waals surface area (Å²) >= 11 is 0. The van der Waals surface area contributed by atoms with Crippen molar-refractivity contribution in [2.24, 2.45) is 16.5 Å². The fraction of sp³-hybridized carbons (Fsp3) is 0.429. The van der Waals surface area contributed by atoms with Crippen LogP contribution in [0.1, 0.15) is 18.8 Å². The first kappa shape index (κ1) is 15.5. The minimum Gasteiger partial charge on any atom is -0.391 e. The number of ether oxygens (including phenoxy) is 1. The first-order chi connectivity index (χ1) is 10.8. The molecular weight excluding hydrogens is 300 g/mol. The highest BCUT2D eigenvalue weighted by Gasteiger charge is 2.56. The fourth-order valence-corrected chi connectivity index (χ4v) is 2.79. The molecule has 0 amide bonds. The molecule has 0 bridgehead atoms. The van der Waals surface area contributed by atoms with Crippen molar-refractivity contribution in [1.29, 1.82) is 0 Å². The van der Waals surface area contributed by atoms with E-state index in [-0.39, 0.29) is 5.96 Å². The molecule has 2 aliphatic heterocycles. The second-order valence-electron chi connectivity index (χ2n) is 5.64. The number of hydrogen-bond donors (Lipinski definition) is 5. The van der Waals surface area contributed by atoms with Crippen molar-refractivity contribution in [2.45, 2.75) is 37.0 Å². The lowest BCUT2D eigenvalue weighted by molar-refractivity contribution is -0.0761. The van der Waals surface area contributed by atoms with Gasteiger partial charge in [0, 0.05) is 0 Å². The molecule has 5 atom stereocenters. The zero-order chi connectivity index (χ0) is 16.9. The van der Waals surface area contributed by atoms with E-state index >= 15 is 0 Å². The van der Waals surface area contributed by atoms with Gasteiger partial charge < -0.3 is 31.7 Å². The van der Waals surface area contributed by atoms with Gasteiger partial charge >= 0.3 is 0 Å². The smallest absolute Gasteiger partial charge is 0.199 e. The van der Waals surface area contributed by atoms with Crippen LogP contribution >= 0.6 is 0 Å². The number of imidazole rings is 1. The van der Waals surface area contributed by atoms with Crippen molar-refractivity contribution in [1.82, 2.24) is 14.9 Å². The summed E-state index contributed by atoms with van der Waals surface area (Å²) in [6.07, 6.45) is 2.82. The normalized spacial score (nSPS) is 34.3. The number of aliphatic hydroxyl groups excluding tert-OH is 2. The average molecular weight is 318 g/mol. The Hall–Kier alpha value is -2.38. The lowest BCUT2D eigenvalue weighted by atomic mass is 9.90. The number of nitrogens with two attached hydrogens (primary N) is 2. The standard InChI is InChI=1S/C14H18N6O3/c1-4-14(16)10(22)9(7(3)21)23-12(14)20-5-17-8-6(2)18-13(15)19-11(8)20/h1,5,7,9-10,12,21-22H,2,16H2,3H3,(H3,15,18,19)/t7-,9?,10?,12+,14+/m0/s1. The molecule has 0 saturated carbocycles. The van der Waals surface area contributed by atoms with Crippen LogP contribution in [0.3, 0.4) is 0 Å². The molecule has 0 aliphatic carbocycles. The number of fused-ring (bicyclic) bond motifs is 1. The molecule has 7 N–H and O–H groups in total. The quantitative estimate of drug-likeness (QED) is 0.412. The number of terminal acetylenes is 1. The van der Waals surface area contributed by atoms with E-state index in [0.717, 1.165) is 0 Å². The second-order valence-corrected chi connectivity index (χ2v) is 5.64. The van der Waals surface area contributed by atoms with Crippen LogP contribution in [0.2, 0.25) is 0 Å². The summed E-state index contributed by atoms with van der Waals surface area (Å²) in [5.41, 5.74) is 11.3. The molecule has 1 saturated heterocycles. The molecule has 0 aromatic carbocycles. The van der Waals surface area contributed by atoms with E-state index in [0.29, 0.717) is 17.2 Å². The van der Waals surface area contributed by atoms with Crippen LogP contribution < -0.4 is 16.8 Å². The maximum Gasteiger partial charge on any atom is 0.199 e. The van der Waals surface area contributed by atoms with Crippen molar-refractivity contribution in [3.05, 3.63) is 18.6 Å². The summed E-state index contributed by atoms with van der Waals surface area (Å²) in [4.78, 5) is 8.37. The second kappa shape index (κ2) is 5.07. The van der Waals surface area contributed by atoms with Gasteiger partial charge in [0.05, 0.1) is 18.1 Å². The summed E-state index contributed by atoms with van der Waals surface area (Å²) in [6, 6.07) is 0. The van der Waals surface area contributed by atoms with Crippen LogP contribution in [0.25, 0.3) is 5.70 Å². The van der Waals surface area contributed by atoms with Gasteiger partial charge in [0.2, 0.25) is 0 Å². The number of nitrogens with zero attached hydrogens (tertiary/aromatic N) is 3. The van der Waals surface area contributed by atoms with Gasteiger partial charge in [-0.3, -0.25) is 4.57 Å². The van der Waals surface area contributed by atoms with Crippen molar-refractivity contribution in [3.63, 3.8) is 0 Å². The van der Waals surface area contributed by atoms with Crippen LogP contribution in [-0.4, -0.2) is 49.6 Å². The fourth-order valence-electron chi connectivity index (χ4n) is 2.79. The van der Waals surface area contributed by atoms with E-state index in [1.165, 1.54) is 17.8 Å². The van der Waals surface area contributed by atoms with Crippen LogP contribution in [0.15, 0.2) is 17.9 Å². The van der Waals surface area contributed by atoms with Crippen LogP contribution in [0.5, 0.6) is 0 Å². The summed E-state index contributed by atoms with van der Waals surface area (Å²) in [6.45, 7) is 5.30. The molecule has 1 fully saturated rings. The number of aromatic nitrogens is 2. The SMILES string of the molecule is C#C[C@@]1(N)C(O)C([C@H](C)O)O[C@H]1n1cnc2c1N=C(N)NC2=C. The zero-order valence-electron chi connectivity index (χ0n) is 12.5. The molecule has 0 spiro atoms.